The topological polar surface area (TPSA) is 65.8 Å². The molecule has 0 atom stereocenters. The van der Waals surface area contributed by atoms with Crippen LogP contribution in [0.5, 0.6) is 5.75 Å². The molecule has 1 aromatic carbocycles. The number of phenols is 1. The van der Waals surface area contributed by atoms with Crippen molar-refractivity contribution in [2.45, 2.75) is 72.3 Å². The Kier molecular flexibility index (Phi) is 6.34. The molecule has 0 aliphatic carbocycles. The molecule has 0 spiro atoms. The fourth-order valence-corrected chi connectivity index (χ4v) is 4.30. The van der Waals surface area contributed by atoms with Gasteiger partial charge in [-0.2, -0.15) is 4.02 Å². The van der Waals surface area contributed by atoms with Gasteiger partial charge in [-0.1, -0.05) is 54.5 Å². The molecule has 0 fully saturated rings. The van der Waals surface area contributed by atoms with Gasteiger partial charge >= 0.3 is 0 Å². The van der Waals surface area contributed by atoms with Gasteiger partial charge in [0.15, 0.2) is 11.6 Å². The number of carbonyl (C=O) groups is 1. The fourth-order valence-electron chi connectivity index (χ4n) is 3.90. The Morgan fingerprint density at radius 2 is 1.71 bits per heavy atom. The minimum atomic E-state index is -0.285. The second-order valence-corrected chi connectivity index (χ2v) is 10.6. The number of nitrogens with zero attached hydrogens (tertiary/aromatic N) is 3. The number of rotatable bonds is 4. The van der Waals surface area contributed by atoms with Gasteiger partial charge in [-0.3, -0.25) is 4.79 Å². The van der Waals surface area contributed by atoms with Crippen molar-refractivity contribution in [3.63, 3.8) is 0 Å². The lowest BCUT2D eigenvalue weighted by Gasteiger charge is -2.28. The maximum absolute atomic E-state index is 13.4. The van der Waals surface area contributed by atoms with E-state index in [4.69, 9.17) is 4.98 Å². The third-order valence-corrected chi connectivity index (χ3v) is 6.07. The predicted octanol–water partition coefficient (Wildman–Crippen LogP) is 5.70. The molecule has 166 valence electrons. The van der Waals surface area contributed by atoms with Gasteiger partial charge in [0.05, 0.1) is 22.7 Å². The van der Waals surface area contributed by atoms with Crippen molar-refractivity contribution in [1.29, 1.82) is 0 Å². The highest BCUT2D eigenvalue weighted by Crippen LogP contribution is 2.40. The molecule has 3 rings (SSSR count). The number of halogens is 1. The Bertz CT molecular complexity index is 1010. The molecule has 0 unspecified atom stereocenters. The number of phenolic OH excluding ortho intramolecular Hbond substituents is 1. The van der Waals surface area contributed by atoms with Gasteiger partial charge in [0.25, 0.3) is 0 Å². The maximum atomic E-state index is 13.4. The highest BCUT2D eigenvalue weighted by molar-refractivity contribution is 9.08. The summed E-state index contributed by atoms with van der Waals surface area (Å²) in [4.78, 5) is 20.1. The van der Waals surface area contributed by atoms with E-state index in [9.17, 15) is 9.90 Å². The number of pyridine rings is 1. The van der Waals surface area contributed by atoms with E-state index in [1.54, 1.807) is 0 Å². The van der Waals surface area contributed by atoms with Crippen molar-refractivity contribution in [2.24, 2.45) is 4.02 Å². The second-order valence-electron chi connectivity index (χ2n) is 10.3. The average molecular weight is 486 g/mol. The zero-order valence-corrected chi connectivity index (χ0v) is 21.1. The lowest BCUT2D eigenvalue weighted by atomic mass is 9.78. The monoisotopic (exact) mass is 485 g/mol. The number of aryl methyl sites for hydroxylation is 1. The lowest BCUT2D eigenvalue weighted by molar-refractivity contribution is 0.0962. The Labute approximate surface area is 194 Å². The molecule has 31 heavy (non-hydrogen) atoms. The molecule has 6 heteroatoms. The highest BCUT2D eigenvalue weighted by Gasteiger charge is 2.31. The first-order chi connectivity index (χ1) is 14.4. The number of carbonyl (C=O) groups excluding carboxylic acids is 1. The molecule has 0 saturated carbocycles. The van der Waals surface area contributed by atoms with Crippen LogP contribution in [0.2, 0.25) is 0 Å². The van der Waals surface area contributed by atoms with Crippen molar-refractivity contribution >= 4 is 27.8 Å². The molecule has 0 radical (unpaired) electrons. The summed E-state index contributed by atoms with van der Waals surface area (Å²) in [5, 5.41) is 10.9. The van der Waals surface area contributed by atoms with Gasteiger partial charge in [0.1, 0.15) is 11.4 Å². The molecule has 1 aromatic heterocycles. The van der Waals surface area contributed by atoms with E-state index in [-0.39, 0.29) is 28.9 Å². The normalized spacial score (nSPS) is 15.5. The third-order valence-electron chi connectivity index (χ3n) is 5.73. The van der Waals surface area contributed by atoms with E-state index in [2.05, 4.69) is 33.2 Å². The van der Waals surface area contributed by atoms with Gasteiger partial charge in [-0.05, 0) is 35.4 Å². The van der Waals surface area contributed by atoms with Crippen LogP contribution in [0, 0.1) is 0 Å². The summed E-state index contributed by atoms with van der Waals surface area (Å²) >= 11 is 3.23. The molecule has 2 aromatic rings. The molecule has 0 bridgehead atoms. The average Bonchev–Trinajstić information content (AvgIpc) is 3.01. The number of hydrogen-bond donors (Lipinski definition) is 1. The van der Waals surface area contributed by atoms with Crippen LogP contribution >= 0.6 is 16.1 Å². The van der Waals surface area contributed by atoms with E-state index >= 15 is 0 Å². The molecule has 0 saturated heterocycles. The third kappa shape index (κ3) is 4.69. The van der Waals surface area contributed by atoms with Crippen molar-refractivity contribution < 1.29 is 9.90 Å². The Balaban J connectivity index is 1.97. The van der Waals surface area contributed by atoms with E-state index in [1.807, 2.05) is 64.6 Å². The van der Waals surface area contributed by atoms with Crippen LogP contribution in [0.15, 0.2) is 28.3 Å². The smallest absolute Gasteiger partial charge is 0.182 e. The fraction of sp³-hybridized carbons (Fsp3) is 0.480. The minimum absolute atomic E-state index is 0.00632. The Morgan fingerprint density at radius 1 is 1.13 bits per heavy atom. The number of ketones is 1. The lowest BCUT2D eigenvalue weighted by Crippen LogP contribution is -2.31. The largest absolute Gasteiger partial charge is 0.507 e. The number of Topliss-reactive ketones (excluding diaryl/α,β-unsaturated/α-hetero) is 1. The number of benzene rings is 1. The minimum Gasteiger partial charge on any atom is -0.507 e. The van der Waals surface area contributed by atoms with Crippen molar-refractivity contribution in [3.8, 4) is 5.75 Å². The molecule has 2 heterocycles. The summed E-state index contributed by atoms with van der Waals surface area (Å²) < 4.78 is 4.26. The number of fused-ring (bicyclic) bond motifs is 1. The molecule has 5 nitrogen and oxygen atoms in total. The number of hydrogen-bond acceptors (Lipinski definition) is 4. The summed E-state index contributed by atoms with van der Waals surface area (Å²) in [5.74, 6) is 0.960. The van der Waals surface area contributed by atoms with Gasteiger partial charge in [0.2, 0.25) is 0 Å². The quantitative estimate of drug-likeness (QED) is 0.563. The van der Waals surface area contributed by atoms with Crippen LogP contribution in [0.1, 0.15) is 86.9 Å². The first-order valence-electron chi connectivity index (χ1n) is 10.7. The van der Waals surface area contributed by atoms with Gasteiger partial charge in [-0.25, -0.2) is 4.98 Å². The molecule has 1 aliphatic heterocycles. The van der Waals surface area contributed by atoms with Crippen molar-refractivity contribution in [1.82, 2.24) is 9.88 Å². The summed E-state index contributed by atoms with van der Waals surface area (Å²) in [6.45, 7) is 15.1. The van der Waals surface area contributed by atoms with Crippen molar-refractivity contribution in [2.75, 3.05) is 6.54 Å². The molecule has 0 amide bonds. The highest BCUT2D eigenvalue weighted by atomic mass is 79.9. The van der Waals surface area contributed by atoms with E-state index in [0.29, 0.717) is 17.9 Å². The number of aromatic hydroxyl groups is 1. The van der Waals surface area contributed by atoms with E-state index in [1.165, 1.54) is 0 Å². The Morgan fingerprint density at radius 3 is 2.19 bits per heavy atom. The van der Waals surface area contributed by atoms with Gasteiger partial charge in [-0.15, -0.1) is 0 Å². The molecular formula is C25H32BrN3O2. The van der Waals surface area contributed by atoms with E-state index < -0.39 is 0 Å². The van der Waals surface area contributed by atoms with Crippen LogP contribution in [0.4, 0.5) is 0 Å². The van der Waals surface area contributed by atoms with Crippen LogP contribution in [-0.2, 0) is 23.8 Å². The van der Waals surface area contributed by atoms with Crippen LogP contribution in [0.3, 0.4) is 0 Å². The zero-order chi connectivity index (χ0) is 23.1. The molecule has 1 aliphatic rings. The summed E-state index contributed by atoms with van der Waals surface area (Å²) in [6.07, 6.45) is 0.848. The first kappa shape index (κ1) is 23.5. The Hall–Kier alpha value is -2.21. The van der Waals surface area contributed by atoms with Crippen LogP contribution < -0.4 is 0 Å². The summed E-state index contributed by atoms with van der Waals surface area (Å²) in [7, 11) is 0. The van der Waals surface area contributed by atoms with Gasteiger partial charge in [0, 0.05) is 34.5 Å². The van der Waals surface area contributed by atoms with Crippen LogP contribution in [0.25, 0.3) is 0 Å². The number of amidine groups is 1. The summed E-state index contributed by atoms with van der Waals surface area (Å²) in [6, 6.07) is 7.78. The standard InChI is InChI=1S/C25H32BrN3O2/c1-8-17-10-9-15-13-29(23(28-26)21(15)27-17)14-20(30)16-11-18(24(2,3)4)22(31)19(12-16)25(5,6)7/h9-12,31H,8,13-14H2,1-7H3. The second kappa shape index (κ2) is 8.38. The zero-order valence-electron chi connectivity index (χ0n) is 19.5. The van der Waals surface area contributed by atoms with Crippen LogP contribution in [-0.4, -0.2) is 33.2 Å². The SMILES string of the molecule is CCc1ccc2c(n1)C(=NBr)N(CC(=O)c1cc(C(C)(C)C)c(O)c(C(C)(C)C)c1)C2. The van der Waals surface area contributed by atoms with Crippen molar-refractivity contribution in [3.05, 3.63) is 57.9 Å². The molecular weight excluding hydrogens is 454 g/mol. The van der Waals surface area contributed by atoms with Gasteiger partial charge < -0.3 is 10.0 Å². The predicted molar refractivity (Wildman–Crippen MR) is 129 cm³/mol. The molecule has 1 N–H and O–H groups in total. The maximum Gasteiger partial charge on any atom is 0.182 e. The number of aromatic nitrogens is 1. The summed E-state index contributed by atoms with van der Waals surface area (Å²) in [5.41, 5.74) is 4.53. The van der Waals surface area contributed by atoms with E-state index in [0.717, 1.165) is 34.5 Å². The first-order valence-corrected chi connectivity index (χ1v) is 11.4.